The number of aromatic amines is 1. The summed E-state index contributed by atoms with van der Waals surface area (Å²) in [6.45, 7) is 0.873. The lowest BCUT2D eigenvalue weighted by molar-refractivity contribution is -0.118. The van der Waals surface area contributed by atoms with E-state index in [9.17, 15) is 4.79 Å². The minimum atomic E-state index is -0.0862. The highest BCUT2D eigenvalue weighted by atomic mass is 32.2. The third-order valence-corrected chi connectivity index (χ3v) is 4.03. The molecule has 1 aromatic carbocycles. The van der Waals surface area contributed by atoms with Crippen LogP contribution in [0.25, 0.3) is 11.4 Å². The van der Waals surface area contributed by atoms with Crippen LogP contribution < -0.4 is 10.1 Å². The number of hydrogen-bond donors (Lipinski definition) is 2. The maximum atomic E-state index is 11.8. The topological polar surface area (TPSA) is 92.8 Å². The second-order valence-corrected chi connectivity index (χ2v) is 5.95. The van der Waals surface area contributed by atoms with Crippen molar-refractivity contribution in [2.24, 2.45) is 0 Å². The first-order valence-corrected chi connectivity index (χ1v) is 8.70. The number of amides is 1. The lowest BCUT2D eigenvalue weighted by Gasteiger charge is -2.06. The Balaban J connectivity index is 1.37. The zero-order valence-electron chi connectivity index (χ0n) is 13.4. The second kappa shape index (κ2) is 8.84. The molecule has 0 bridgehead atoms. The molecule has 0 aliphatic rings. The van der Waals surface area contributed by atoms with E-state index in [2.05, 4.69) is 25.5 Å². The predicted octanol–water partition coefficient (Wildman–Crippen LogP) is 2.15. The van der Waals surface area contributed by atoms with Crippen LogP contribution in [0.15, 0.2) is 60.0 Å². The van der Waals surface area contributed by atoms with Crippen LogP contribution in [0.4, 0.5) is 0 Å². The maximum absolute atomic E-state index is 11.8. The van der Waals surface area contributed by atoms with Crippen molar-refractivity contribution in [3.05, 3.63) is 54.9 Å². The third-order valence-electron chi connectivity index (χ3n) is 3.19. The molecule has 8 heteroatoms. The van der Waals surface area contributed by atoms with Gasteiger partial charge < -0.3 is 10.1 Å². The van der Waals surface area contributed by atoms with E-state index < -0.39 is 0 Å². The summed E-state index contributed by atoms with van der Waals surface area (Å²) in [5.41, 5.74) is 0.900. The summed E-state index contributed by atoms with van der Waals surface area (Å²) in [6.07, 6.45) is 3.38. The zero-order valence-corrected chi connectivity index (χ0v) is 14.2. The van der Waals surface area contributed by atoms with Gasteiger partial charge in [-0.05, 0) is 24.3 Å². The largest absolute Gasteiger partial charge is 0.492 e. The van der Waals surface area contributed by atoms with Crippen molar-refractivity contribution in [3.8, 4) is 17.1 Å². The van der Waals surface area contributed by atoms with Crippen molar-refractivity contribution in [2.75, 3.05) is 18.9 Å². The molecule has 3 rings (SSSR count). The van der Waals surface area contributed by atoms with Crippen molar-refractivity contribution in [3.63, 3.8) is 0 Å². The minimum absolute atomic E-state index is 0.0862. The van der Waals surface area contributed by atoms with E-state index in [1.165, 1.54) is 11.8 Å². The van der Waals surface area contributed by atoms with Gasteiger partial charge in [0, 0.05) is 18.0 Å². The summed E-state index contributed by atoms with van der Waals surface area (Å²) < 4.78 is 5.52. The molecule has 0 spiro atoms. The summed E-state index contributed by atoms with van der Waals surface area (Å²) in [4.78, 5) is 20.2. The Bertz CT molecular complexity index is 795. The van der Waals surface area contributed by atoms with Gasteiger partial charge in [0.05, 0.1) is 12.3 Å². The molecule has 7 nitrogen and oxygen atoms in total. The highest BCUT2D eigenvalue weighted by molar-refractivity contribution is 7.99. The Morgan fingerprint density at radius 2 is 1.96 bits per heavy atom. The van der Waals surface area contributed by atoms with Crippen LogP contribution in [0.2, 0.25) is 0 Å². The van der Waals surface area contributed by atoms with Gasteiger partial charge >= 0.3 is 0 Å². The monoisotopic (exact) mass is 355 g/mol. The van der Waals surface area contributed by atoms with Gasteiger partial charge in [-0.25, -0.2) is 4.98 Å². The quantitative estimate of drug-likeness (QED) is 0.475. The van der Waals surface area contributed by atoms with Gasteiger partial charge in [0.15, 0.2) is 5.82 Å². The number of H-pyrrole nitrogens is 1. The van der Waals surface area contributed by atoms with Crippen molar-refractivity contribution in [1.29, 1.82) is 0 Å². The lowest BCUT2D eigenvalue weighted by Crippen LogP contribution is -2.29. The zero-order chi connectivity index (χ0) is 17.3. The van der Waals surface area contributed by atoms with E-state index in [0.717, 1.165) is 11.3 Å². The fraction of sp³-hybridized carbons (Fsp3) is 0.176. The van der Waals surface area contributed by atoms with E-state index >= 15 is 0 Å². The smallest absolute Gasteiger partial charge is 0.230 e. The van der Waals surface area contributed by atoms with Crippen LogP contribution in [-0.4, -0.2) is 45.0 Å². The van der Waals surface area contributed by atoms with Gasteiger partial charge in [-0.15, -0.1) is 5.10 Å². The number of thioether (sulfide) groups is 1. The van der Waals surface area contributed by atoms with Crippen LogP contribution in [-0.2, 0) is 4.79 Å². The molecule has 128 valence electrons. The van der Waals surface area contributed by atoms with Gasteiger partial charge in [-0.1, -0.05) is 30.0 Å². The number of nitrogens with zero attached hydrogens (tertiary/aromatic N) is 3. The third kappa shape index (κ3) is 5.32. The van der Waals surface area contributed by atoms with Crippen LogP contribution in [0.3, 0.4) is 0 Å². The molecule has 2 heterocycles. The van der Waals surface area contributed by atoms with Crippen LogP contribution >= 0.6 is 11.8 Å². The number of hydrogen-bond acceptors (Lipinski definition) is 6. The first-order chi connectivity index (χ1) is 12.3. The molecule has 0 fully saturated rings. The van der Waals surface area contributed by atoms with Crippen LogP contribution in [0.1, 0.15) is 0 Å². The Labute approximate surface area is 149 Å². The molecule has 2 N–H and O–H groups in total. The molecule has 0 unspecified atom stereocenters. The van der Waals surface area contributed by atoms with E-state index in [1.807, 2.05) is 42.5 Å². The molecular weight excluding hydrogens is 338 g/mol. The van der Waals surface area contributed by atoms with Gasteiger partial charge in [0.1, 0.15) is 12.4 Å². The summed E-state index contributed by atoms with van der Waals surface area (Å²) >= 11 is 1.28. The molecule has 0 radical (unpaired) electrons. The molecule has 0 atom stereocenters. The molecule has 0 saturated heterocycles. The number of carbonyl (C=O) groups excluding carboxylic acids is 1. The van der Waals surface area contributed by atoms with E-state index in [1.54, 1.807) is 12.4 Å². The number of para-hydroxylation sites is 1. The number of benzene rings is 1. The summed E-state index contributed by atoms with van der Waals surface area (Å²) in [5, 5.41) is 10.3. The number of rotatable bonds is 8. The average molecular weight is 355 g/mol. The summed E-state index contributed by atoms with van der Waals surface area (Å²) in [5.74, 6) is 1.60. The maximum Gasteiger partial charge on any atom is 0.230 e. The minimum Gasteiger partial charge on any atom is -0.492 e. The first kappa shape index (κ1) is 17.0. The standard InChI is InChI=1S/C17H17N5O2S/c23-15(19-10-11-24-14-4-2-1-3-5-14)12-25-17-20-16(21-22-17)13-6-8-18-9-7-13/h1-9H,10-12H2,(H,19,23)(H,20,21,22). The molecule has 2 aromatic heterocycles. The number of aromatic nitrogens is 4. The summed E-state index contributed by atoms with van der Waals surface area (Å²) in [6, 6.07) is 13.2. The predicted molar refractivity (Wildman–Crippen MR) is 95.3 cm³/mol. The molecular formula is C17H17N5O2S. The number of ether oxygens (including phenoxy) is 1. The van der Waals surface area contributed by atoms with E-state index in [4.69, 9.17) is 4.74 Å². The van der Waals surface area contributed by atoms with Gasteiger partial charge in [-0.3, -0.25) is 14.9 Å². The van der Waals surface area contributed by atoms with Crippen molar-refractivity contribution in [2.45, 2.75) is 5.16 Å². The fourth-order valence-corrected chi connectivity index (χ4v) is 2.64. The molecule has 0 aliphatic heterocycles. The number of pyridine rings is 1. The SMILES string of the molecule is O=C(CSc1n[nH]c(-c2ccncc2)n1)NCCOc1ccccc1. The van der Waals surface area contributed by atoms with Gasteiger partial charge in [0.2, 0.25) is 11.1 Å². The highest BCUT2D eigenvalue weighted by Gasteiger charge is 2.08. The molecule has 1 amide bonds. The van der Waals surface area contributed by atoms with Gasteiger partial charge in [0.25, 0.3) is 0 Å². The highest BCUT2D eigenvalue weighted by Crippen LogP contribution is 2.18. The normalized spacial score (nSPS) is 10.4. The Kier molecular flexibility index (Phi) is 6.00. The van der Waals surface area contributed by atoms with Crippen molar-refractivity contribution in [1.82, 2.24) is 25.5 Å². The van der Waals surface area contributed by atoms with Crippen LogP contribution in [0, 0.1) is 0 Å². The van der Waals surface area contributed by atoms with E-state index in [-0.39, 0.29) is 11.7 Å². The Morgan fingerprint density at radius 1 is 1.16 bits per heavy atom. The number of nitrogens with one attached hydrogen (secondary N) is 2. The van der Waals surface area contributed by atoms with Crippen molar-refractivity contribution >= 4 is 17.7 Å². The molecule has 3 aromatic rings. The molecule has 0 aliphatic carbocycles. The Morgan fingerprint density at radius 3 is 2.76 bits per heavy atom. The Hall–Kier alpha value is -2.87. The lowest BCUT2D eigenvalue weighted by atomic mass is 10.3. The van der Waals surface area contributed by atoms with Crippen molar-refractivity contribution < 1.29 is 9.53 Å². The number of carbonyl (C=O) groups is 1. The fourth-order valence-electron chi connectivity index (χ4n) is 2.01. The summed E-state index contributed by atoms with van der Waals surface area (Å²) in [7, 11) is 0. The first-order valence-electron chi connectivity index (χ1n) is 7.71. The molecule has 0 saturated carbocycles. The average Bonchev–Trinajstić information content (AvgIpc) is 3.14. The van der Waals surface area contributed by atoms with E-state index in [0.29, 0.717) is 24.1 Å². The van der Waals surface area contributed by atoms with Gasteiger partial charge in [-0.2, -0.15) is 0 Å². The molecule has 25 heavy (non-hydrogen) atoms. The second-order valence-electron chi connectivity index (χ2n) is 5.00. The van der Waals surface area contributed by atoms with Crippen LogP contribution in [0.5, 0.6) is 5.75 Å².